The highest BCUT2D eigenvalue weighted by Gasteiger charge is 2.25. The Morgan fingerprint density at radius 3 is 2.69 bits per heavy atom. The summed E-state index contributed by atoms with van der Waals surface area (Å²) in [5.41, 5.74) is 0. The molecule has 1 saturated carbocycles. The summed E-state index contributed by atoms with van der Waals surface area (Å²) in [6.07, 6.45) is 5.76. The molecule has 94 valence electrons. The van der Waals surface area contributed by atoms with Crippen LogP contribution in [0.3, 0.4) is 0 Å². The maximum absolute atomic E-state index is 11.7. The first-order valence-corrected chi connectivity index (χ1v) is 6.26. The molecule has 2 aliphatic rings. The Morgan fingerprint density at radius 2 is 2.12 bits per heavy atom. The lowest BCUT2D eigenvalue weighted by atomic mass is 9.82. The van der Waals surface area contributed by atoms with E-state index >= 15 is 0 Å². The number of carbonyl (C=O) groups excluding carboxylic acids is 1. The van der Waals surface area contributed by atoms with Crippen molar-refractivity contribution < 1.29 is 4.79 Å². The molecule has 4 heteroatoms. The number of carbonyl (C=O) groups is 1. The molecule has 0 radical (unpaired) electrons. The second kappa shape index (κ2) is 6.45. The molecule has 0 aromatic rings. The van der Waals surface area contributed by atoms with Gasteiger partial charge in [0.2, 0.25) is 5.91 Å². The van der Waals surface area contributed by atoms with E-state index in [-0.39, 0.29) is 18.3 Å². The highest BCUT2D eigenvalue weighted by Crippen LogP contribution is 2.29. The lowest BCUT2D eigenvalue weighted by Crippen LogP contribution is -2.50. The van der Waals surface area contributed by atoms with E-state index in [1.165, 1.54) is 25.7 Å². The minimum Gasteiger partial charge on any atom is -0.352 e. The van der Waals surface area contributed by atoms with Crippen molar-refractivity contribution in [3.05, 3.63) is 0 Å². The van der Waals surface area contributed by atoms with E-state index in [0.717, 1.165) is 19.5 Å². The zero-order chi connectivity index (χ0) is 10.7. The number of halogens is 1. The standard InChI is InChI=1S/C12H22N2O.ClH/c1-9-5-6-13-8-11(9)14-12(15)7-10-3-2-4-10;/h9-11,13H,2-8H2,1H3,(H,14,15);1H. The first-order valence-electron chi connectivity index (χ1n) is 6.26. The Morgan fingerprint density at radius 1 is 1.38 bits per heavy atom. The Hall–Kier alpha value is -0.280. The first-order chi connectivity index (χ1) is 7.25. The summed E-state index contributed by atoms with van der Waals surface area (Å²) in [5, 5.41) is 6.50. The van der Waals surface area contributed by atoms with Crippen LogP contribution in [0.25, 0.3) is 0 Å². The van der Waals surface area contributed by atoms with Crippen LogP contribution >= 0.6 is 12.4 Å². The van der Waals surface area contributed by atoms with Crippen molar-refractivity contribution in [3.63, 3.8) is 0 Å². The number of nitrogens with one attached hydrogen (secondary N) is 2. The van der Waals surface area contributed by atoms with Crippen molar-refractivity contribution in [3.8, 4) is 0 Å². The summed E-state index contributed by atoms with van der Waals surface area (Å²) < 4.78 is 0. The summed E-state index contributed by atoms with van der Waals surface area (Å²) in [7, 11) is 0. The smallest absolute Gasteiger partial charge is 0.220 e. The SMILES string of the molecule is CC1CCNCC1NC(=O)CC1CCC1.Cl. The van der Waals surface area contributed by atoms with Gasteiger partial charge in [-0.1, -0.05) is 13.3 Å². The maximum Gasteiger partial charge on any atom is 0.220 e. The van der Waals surface area contributed by atoms with Crippen LogP contribution in [0.1, 0.15) is 39.0 Å². The maximum atomic E-state index is 11.7. The number of amides is 1. The molecule has 1 saturated heterocycles. The predicted octanol–water partition coefficient (Wildman–Crippen LogP) is 1.71. The van der Waals surface area contributed by atoms with Gasteiger partial charge >= 0.3 is 0 Å². The van der Waals surface area contributed by atoms with E-state index in [0.29, 0.717) is 17.9 Å². The van der Waals surface area contributed by atoms with Crippen LogP contribution in [0, 0.1) is 11.8 Å². The van der Waals surface area contributed by atoms with Crippen molar-refractivity contribution in [2.45, 2.75) is 45.1 Å². The van der Waals surface area contributed by atoms with Crippen LogP contribution in [0.15, 0.2) is 0 Å². The highest BCUT2D eigenvalue weighted by atomic mass is 35.5. The van der Waals surface area contributed by atoms with Crippen molar-refractivity contribution in [1.82, 2.24) is 10.6 Å². The number of rotatable bonds is 3. The zero-order valence-corrected chi connectivity index (χ0v) is 10.8. The monoisotopic (exact) mass is 246 g/mol. The van der Waals surface area contributed by atoms with E-state index in [4.69, 9.17) is 0 Å². The van der Waals surface area contributed by atoms with Crippen molar-refractivity contribution >= 4 is 18.3 Å². The fraction of sp³-hybridized carbons (Fsp3) is 0.917. The third kappa shape index (κ3) is 3.63. The third-order valence-corrected chi connectivity index (χ3v) is 3.87. The molecule has 2 N–H and O–H groups in total. The Kier molecular flexibility index (Phi) is 5.56. The first kappa shape index (κ1) is 13.8. The second-order valence-corrected chi connectivity index (χ2v) is 5.15. The van der Waals surface area contributed by atoms with Gasteiger partial charge in [-0.3, -0.25) is 4.79 Å². The number of hydrogen-bond donors (Lipinski definition) is 2. The fourth-order valence-corrected chi connectivity index (χ4v) is 2.41. The molecule has 0 aromatic heterocycles. The molecular weight excluding hydrogens is 224 g/mol. The van der Waals surface area contributed by atoms with E-state index < -0.39 is 0 Å². The van der Waals surface area contributed by atoms with Gasteiger partial charge < -0.3 is 10.6 Å². The fourth-order valence-electron chi connectivity index (χ4n) is 2.41. The van der Waals surface area contributed by atoms with Crippen LogP contribution in [0.4, 0.5) is 0 Å². The molecular formula is C12H23ClN2O. The summed E-state index contributed by atoms with van der Waals surface area (Å²) in [5.74, 6) is 1.56. The largest absolute Gasteiger partial charge is 0.352 e. The topological polar surface area (TPSA) is 41.1 Å². The van der Waals surface area contributed by atoms with E-state index in [1.54, 1.807) is 0 Å². The van der Waals surface area contributed by atoms with Crippen molar-refractivity contribution in [1.29, 1.82) is 0 Å². The summed E-state index contributed by atoms with van der Waals surface area (Å²) in [6, 6.07) is 0.353. The average molecular weight is 247 g/mol. The molecule has 16 heavy (non-hydrogen) atoms. The zero-order valence-electron chi connectivity index (χ0n) is 10.00. The number of piperidine rings is 1. The van der Waals surface area contributed by atoms with Gasteiger partial charge in [-0.25, -0.2) is 0 Å². The van der Waals surface area contributed by atoms with Gasteiger partial charge in [-0.15, -0.1) is 12.4 Å². The molecule has 2 rings (SSSR count). The molecule has 0 spiro atoms. The van der Waals surface area contributed by atoms with Crippen LogP contribution < -0.4 is 10.6 Å². The molecule has 2 atom stereocenters. The van der Waals surface area contributed by atoms with Gasteiger partial charge in [0, 0.05) is 19.0 Å². The summed E-state index contributed by atoms with van der Waals surface area (Å²) in [6.45, 7) is 4.27. The average Bonchev–Trinajstić information content (AvgIpc) is 2.16. The van der Waals surface area contributed by atoms with Crippen LogP contribution in [0.2, 0.25) is 0 Å². The van der Waals surface area contributed by atoms with Gasteiger partial charge in [-0.05, 0) is 37.6 Å². The molecule has 3 nitrogen and oxygen atoms in total. The van der Waals surface area contributed by atoms with Gasteiger partial charge in [0.05, 0.1) is 0 Å². The third-order valence-electron chi connectivity index (χ3n) is 3.87. The number of hydrogen-bond acceptors (Lipinski definition) is 2. The molecule has 1 aliphatic carbocycles. The van der Waals surface area contributed by atoms with Crippen LogP contribution in [-0.4, -0.2) is 25.0 Å². The minimum atomic E-state index is 0. The quantitative estimate of drug-likeness (QED) is 0.796. The summed E-state index contributed by atoms with van der Waals surface area (Å²) in [4.78, 5) is 11.7. The molecule has 0 aromatic carbocycles. The van der Waals surface area contributed by atoms with Crippen LogP contribution in [-0.2, 0) is 4.79 Å². The molecule has 1 aliphatic heterocycles. The van der Waals surface area contributed by atoms with Gasteiger partial charge in [0.1, 0.15) is 0 Å². The predicted molar refractivity (Wildman–Crippen MR) is 67.8 cm³/mol. The Balaban J connectivity index is 0.00000128. The van der Waals surface area contributed by atoms with Crippen LogP contribution in [0.5, 0.6) is 0 Å². The highest BCUT2D eigenvalue weighted by molar-refractivity contribution is 5.85. The molecule has 1 amide bonds. The molecule has 2 unspecified atom stereocenters. The van der Waals surface area contributed by atoms with Gasteiger partial charge in [0.25, 0.3) is 0 Å². The lowest BCUT2D eigenvalue weighted by Gasteiger charge is -2.31. The molecule has 0 bridgehead atoms. The van der Waals surface area contributed by atoms with E-state index in [1.807, 2.05) is 0 Å². The Labute approximate surface area is 104 Å². The molecule has 1 heterocycles. The van der Waals surface area contributed by atoms with Gasteiger partial charge in [-0.2, -0.15) is 0 Å². The second-order valence-electron chi connectivity index (χ2n) is 5.15. The normalized spacial score (nSPS) is 30.1. The Bertz CT molecular complexity index is 231. The van der Waals surface area contributed by atoms with Crippen molar-refractivity contribution in [2.75, 3.05) is 13.1 Å². The minimum absolute atomic E-state index is 0. The van der Waals surface area contributed by atoms with Gasteiger partial charge in [0.15, 0.2) is 0 Å². The van der Waals surface area contributed by atoms with E-state index in [9.17, 15) is 4.79 Å². The van der Waals surface area contributed by atoms with Crippen molar-refractivity contribution in [2.24, 2.45) is 11.8 Å². The van der Waals surface area contributed by atoms with E-state index in [2.05, 4.69) is 17.6 Å². The summed E-state index contributed by atoms with van der Waals surface area (Å²) >= 11 is 0. The lowest BCUT2D eigenvalue weighted by molar-refractivity contribution is -0.123. The molecule has 2 fully saturated rings.